The van der Waals surface area contributed by atoms with Gasteiger partial charge in [-0.25, -0.2) is 4.39 Å². The molecule has 0 saturated carbocycles. The molecule has 0 aliphatic carbocycles. The van der Waals surface area contributed by atoms with Crippen LogP contribution in [0.1, 0.15) is 54.6 Å². The number of benzene rings is 1. The molecule has 2 bridgehead atoms. The molecule has 0 spiro atoms. The first-order chi connectivity index (χ1) is 12.5. The van der Waals surface area contributed by atoms with E-state index >= 15 is 0 Å². The minimum atomic E-state index is -0.514. The normalized spacial score (nSPS) is 21.7. The van der Waals surface area contributed by atoms with Gasteiger partial charge >= 0.3 is 0 Å². The van der Waals surface area contributed by atoms with Gasteiger partial charge in [0.05, 0.1) is 13.2 Å². The van der Waals surface area contributed by atoms with Crippen molar-refractivity contribution >= 4 is 5.91 Å². The van der Waals surface area contributed by atoms with E-state index in [0.29, 0.717) is 18.5 Å². The molecule has 3 heterocycles. The summed E-state index contributed by atoms with van der Waals surface area (Å²) in [6.07, 6.45) is 2.59. The molecule has 0 N–H and O–H groups in total. The third-order valence-electron chi connectivity index (χ3n) is 5.44. The van der Waals surface area contributed by atoms with E-state index in [2.05, 4.69) is 28.6 Å². The number of rotatable bonds is 3. The number of fused-ring (bicyclic) bond motifs is 3. The lowest BCUT2D eigenvalue weighted by atomic mass is 10.1. The van der Waals surface area contributed by atoms with E-state index in [9.17, 15) is 9.18 Å². The number of ether oxygens (including phenoxy) is 1. The predicted octanol–water partition coefficient (Wildman–Crippen LogP) is 2.78. The van der Waals surface area contributed by atoms with E-state index in [-0.39, 0.29) is 29.7 Å². The molecule has 6 nitrogen and oxygen atoms in total. The Morgan fingerprint density at radius 1 is 1.27 bits per heavy atom. The van der Waals surface area contributed by atoms with E-state index in [4.69, 9.17) is 4.74 Å². The van der Waals surface area contributed by atoms with Crippen molar-refractivity contribution in [2.45, 2.75) is 57.7 Å². The number of hydrogen-bond acceptors (Lipinski definition) is 4. The van der Waals surface area contributed by atoms with Gasteiger partial charge in [-0.3, -0.25) is 4.79 Å². The van der Waals surface area contributed by atoms with Gasteiger partial charge < -0.3 is 14.2 Å². The van der Waals surface area contributed by atoms with Gasteiger partial charge in [0.25, 0.3) is 5.91 Å². The van der Waals surface area contributed by atoms with Crippen LogP contribution in [0.2, 0.25) is 0 Å². The first-order valence-corrected chi connectivity index (χ1v) is 9.07. The molecule has 7 heteroatoms. The lowest BCUT2D eigenvalue weighted by Crippen LogP contribution is -2.42. The third kappa shape index (κ3) is 2.66. The van der Waals surface area contributed by atoms with E-state index in [1.54, 1.807) is 6.07 Å². The summed E-state index contributed by atoms with van der Waals surface area (Å²) in [5.41, 5.74) is 0.363. The summed E-state index contributed by atoms with van der Waals surface area (Å²) in [5.74, 6) is 1.71. The Kier molecular flexibility index (Phi) is 4.17. The molecule has 1 aromatic heterocycles. The maximum absolute atomic E-state index is 14.1. The van der Waals surface area contributed by atoms with Gasteiger partial charge in [-0.1, -0.05) is 13.8 Å². The lowest BCUT2D eigenvalue weighted by molar-refractivity contribution is 0.0664. The fraction of sp³-hybridized carbons (Fsp3) is 0.526. The second kappa shape index (κ2) is 6.37. The van der Waals surface area contributed by atoms with Gasteiger partial charge in [0, 0.05) is 30.5 Å². The number of hydrogen-bond donors (Lipinski definition) is 0. The molecule has 1 saturated heterocycles. The van der Waals surface area contributed by atoms with Crippen LogP contribution in [0.3, 0.4) is 0 Å². The smallest absolute Gasteiger partial charge is 0.254 e. The molecule has 1 amide bonds. The molecule has 1 aromatic carbocycles. The molecule has 4 rings (SSSR count). The van der Waals surface area contributed by atoms with Crippen LogP contribution < -0.4 is 4.74 Å². The van der Waals surface area contributed by atoms with Gasteiger partial charge in [-0.05, 0) is 31.0 Å². The average Bonchev–Trinajstić information content (AvgIpc) is 3.14. The van der Waals surface area contributed by atoms with Crippen LogP contribution in [-0.2, 0) is 13.0 Å². The van der Waals surface area contributed by atoms with Crippen LogP contribution in [0.4, 0.5) is 4.39 Å². The van der Waals surface area contributed by atoms with Crippen molar-refractivity contribution in [3.8, 4) is 5.75 Å². The quantitative estimate of drug-likeness (QED) is 0.847. The van der Waals surface area contributed by atoms with E-state index in [1.807, 2.05) is 4.90 Å². The van der Waals surface area contributed by atoms with Crippen LogP contribution in [0, 0.1) is 5.82 Å². The minimum absolute atomic E-state index is 0.0862. The zero-order valence-electron chi connectivity index (χ0n) is 15.3. The highest BCUT2D eigenvalue weighted by molar-refractivity contribution is 5.95. The van der Waals surface area contributed by atoms with Crippen molar-refractivity contribution in [1.82, 2.24) is 19.7 Å². The molecule has 2 aliphatic rings. The number of nitrogens with zero attached hydrogens (tertiary/aromatic N) is 4. The Morgan fingerprint density at radius 2 is 2.04 bits per heavy atom. The number of amides is 1. The second-order valence-electron chi connectivity index (χ2n) is 7.39. The largest absolute Gasteiger partial charge is 0.494 e. The Balaban J connectivity index is 1.64. The summed E-state index contributed by atoms with van der Waals surface area (Å²) >= 11 is 0. The number of methoxy groups -OCH3 is 1. The van der Waals surface area contributed by atoms with Crippen LogP contribution in [0.25, 0.3) is 0 Å². The molecule has 2 atom stereocenters. The monoisotopic (exact) mass is 358 g/mol. The highest BCUT2D eigenvalue weighted by Gasteiger charge is 2.41. The Labute approximate surface area is 152 Å². The van der Waals surface area contributed by atoms with Crippen molar-refractivity contribution in [1.29, 1.82) is 0 Å². The summed E-state index contributed by atoms with van der Waals surface area (Å²) in [7, 11) is 1.41. The number of halogens is 1. The van der Waals surface area contributed by atoms with Crippen molar-refractivity contribution in [3.63, 3.8) is 0 Å². The summed E-state index contributed by atoms with van der Waals surface area (Å²) in [6.45, 7) is 4.91. The highest BCUT2D eigenvalue weighted by atomic mass is 19.1. The highest BCUT2D eigenvalue weighted by Crippen LogP contribution is 2.34. The molecule has 2 aliphatic heterocycles. The summed E-state index contributed by atoms with van der Waals surface area (Å²) < 4.78 is 21.2. The van der Waals surface area contributed by atoms with Crippen molar-refractivity contribution in [2.24, 2.45) is 0 Å². The third-order valence-corrected chi connectivity index (χ3v) is 5.44. The second-order valence-corrected chi connectivity index (χ2v) is 7.39. The summed E-state index contributed by atoms with van der Waals surface area (Å²) in [5, 5.41) is 8.70. The first kappa shape index (κ1) is 17.0. The fourth-order valence-electron chi connectivity index (χ4n) is 4.17. The predicted molar refractivity (Wildman–Crippen MR) is 93.7 cm³/mol. The molecule has 138 valence electrons. The molecule has 26 heavy (non-hydrogen) atoms. The average molecular weight is 358 g/mol. The van der Waals surface area contributed by atoms with E-state index < -0.39 is 5.82 Å². The maximum Gasteiger partial charge on any atom is 0.254 e. The van der Waals surface area contributed by atoms with Crippen LogP contribution in [-0.4, -0.2) is 44.8 Å². The standard InChI is InChI=1S/C19H23FN4O2/c1-11(2)18-22-21-17-9-13-5-6-14(10-23(17)18)24(13)19(25)12-4-7-16(26-3)15(20)8-12/h4,7-8,11,13-14H,5-6,9-10H2,1-3H3/t13-,14+/m0/s1. The van der Waals surface area contributed by atoms with Gasteiger partial charge in [0.1, 0.15) is 11.6 Å². The van der Waals surface area contributed by atoms with Gasteiger partial charge in [0.2, 0.25) is 0 Å². The zero-order chi connectivity index (χ0) is 18.4. The molecule has 1 fully saturated rings. The van der Waals surface area contributed by atoms with Crippen LogP contribution >= 0.6 is 0 Å². The maximum atomic E-state index is 14.1. The summed E-state index contributed by atoms with van der Waals surface area (Å²) in [4.78, 5) is 15.1. The molecular weight excluding hydrogens is 335 g/mol. The molecule has 0 unspecified atom stereocenters. The topological polar surface area (TPSA) is 60.2 Å². The van der Waals surface area contributed by atoms with Crippen molar-refractivity contribution in [2.75, 3.05) is 7.11 Å². The van der Waals surface area contributed by atoms with Gasteiger partial charge in [-0.2, -0.15) is 0 Å². The first-order valence-electron chi connectivity index (χ1n) is 9.07. The minimum Gasteiger partial charge on any atom is -0.494 e. The summed E-state index contributed by atoms with van der Waals surface area (Å²) in [6, 6.07) is 4.59. The number of carbonyl (C=O) groups excluding carboxylic acids is 1. The Morgan fingerprint density at radius 3 is 2.73 bits per heavy atom. The number of carbonyl (C=O) groups is 1. The van der Waals surface area contributed by atoms with Crippen molar-refractivity contribution in [3.05, 3.63) is 41.2 Å². The number of aromatic nitrogens is 3. The zero-order valence-corrected chi connectivity index (χ0v) is 15.3. The van der Waals surface area contributed by atoms with Crippen LogP contribution in [0.15, 0.2) is 18.2 Å². The fourth-order valence-corrected chi connectivity index (χ4v) is 4.17. The van der Waals surface area contributed by atoms with Gasteiger partial charge in [0.15, 0.2) is 11.6 Å². The van der Waals surface area contributed by atoms with E-state index in [1.165, 1.54) is 19.2 Å². The molecule has 0 radical (unpaired) electrons. The Hall–Kier alpha value is -2.44. The van der Waals surface area contributed by atoms with Crippen LogP contribution in [0.5, 0.6) is 5.75 Å². The molecular formula is C19H23FN4O2. The van der Waals surface area contributed by atoms with Gasteiger partial charge in [-0.15, -0.1) is 10.2 Å². The Bertz CT molecular complexity index is 848. The lowest BCUT2D eigenvalue weighted by Gasteiger charge is -2.28. The SMILES string of the molecule is COc1ccc(C(=O)N2[C@@H]3CC[C@H]2Cc2nnc(C(C)C)n2C3)cc1F. The molecule has 2 aromatic rings. The van der Waals surface area contributed by atoms with E-state index in [0.717, 1.165) is 24.5 Å². The van der Waals surface area contributed by atoms with Crippen molar-refractivity contribution < 1.29 is 13.9 Å².